The summed E-state index contributed by atoms with van der Waals surface area (Å²) in [5.41, 5.74) is 1.55. The Morgan fingerprint density at radius 1 is 1.35 bits per heavy atom. The molecule has 0 aliphatic heterocycles. The predicted molar refractivity (Wildman–Crippen MR) is 124 cm³/mol. The number of nitrogens with zero attached hydrogens (tertiary/aromatic N) is 4. The average Bonchev–Trinajstić information content (AvgIpc) is 3.41. The number of hydrogen-bond acceptors (Lipinski definition) is 7. The van der Waals surface area contributed by atoms with Crippen molar-refractivity contribution in [1.29, 1.82) is 5.26 Å². The zero-order chi connectivity index (χ0) is 24.5. The van der Waals surface area contributed by atoms with Crippen molar-refractivity contribution in [2.24, 2.45) is 0 Å². The summed E-state index contributed by atoms with van der Waals surface area (Å²) in [6.45, 7) is 2.34. The number of rotatable bonds is 7. The van der Waals surface area contributed by atoms with E-state index in [4.69, 9.17) is 5.26 Å². The summed E-state index contributed by atoms with van der Waals surface area (Å²) in [6.07, 6.45) is 2.81. The summed E-state index contributed by atoms with van der Waals surface area (Å²) in [5.74, 6) is -0.524. The zero-order valence-electron chi connectivity index (χ0n) is 19.0. The van der Waals surface area contributed by atoms with Crippen LogP contribution in [-0.2, 0) is 0 Å². The van der Waals surface area contributed by atoms with E-state index < -0.39 is 23.8 Å². The van der Waals surface area contributed by atoms with Crippen molar-refractivity contribution in [3.8, 4) is 17.5 Å². The number of nitrogens with one attached hydrogen (secondary N) is 2. The van der Waals surface area contributed by atoms with Crippen molar-refractivity contribution >= 4 is 17.1 Å². The minimum atomic E-state index is -1.64. The first-order valence-electron chi connectivity index (χ1n) is 11.1. The first-order chi connectivity index (χ1) is 16.2. The minimum absolute atomic E-state index is 0.0255. The number of hydrogen-bond donors (Lipinski definition) is 4. The van der Waals surface area contributed by atoms with E-state index in [1.54, 1.807) is 16.6 Å². The fraction of sp³-hybridized carbons (Fsp3) is 0.417. The predicted octanol–water partition coefficient (Wildman–Crippen LogP) is 2.43. The van der Waals surface area contributed by atoms with E-state index in [0.29, 0.717) is 35.5 Å². The van der Waals surface area contributed by atoms with Crippen LogP contribution in [0.2, 0.25) is 0 Å². The van der Waals surface area contributed by atoms with Crippen LogP contribution in [0.4, 0.5) is 10.1 Å². The number of aliphatic hydroxyl groups excluding tert-OH is 1. The van der Waals surface area contributed by atoms with E-state index in [9.17, 15) is 19.4 Å². The summed E-state index contributed by atoms with van der Waals surface area (Å²) in [5, 5.41) is 39.0. The van der Waals surface area contributed by atoms with Crippen LogP contribution in [0.15, 0.2) is 36.7 Å². The van der Waals surface area contributed by atoms with Gasteiger partial charge in [0.05, 0.1) is 58.2 Å². The second kappa shape index (κ2) is 9.37. The number of alkyl halides is 1. The normalized spacial score (nSPS) is 19.1. The first-order valence-corrected chi connectivity index (χ1v) is 11.1. The molecule has 0 aromatic carbocycles. The number of fused-ring (bicyclic) bond motifs is 1. The number of carbonyl (C=O) groups excluding carboxylic acids is 1. The molecule has 1 amide bonds. The molecule has 0 bridgehead atoms. The second-order valence-corrected chi connectivity index (χ2v) is 9.17. The first kappa shape index (κ1) is 23.6. The van der Waals surface area contributed by atoms with Crippen LogP contribution in [0.1, 0.15) is 49.0 Å². The van der Waals surface area contributed by atoms with Gasteiger partial charge in [0, 0.05) is 12.2 Å². The van der Waals surface area contributed by atoms with Crippen LogP contribution >= 0.6 is 0 Å². The maximum Gasteiger partial charge on any atom is 0.255 e. The number of carbonyl (C=O) groups is 1. The van der Waals surface area contributed by atoms with Gasteiger partial charge in [0.15, 0.2) is 0 Å². The van der Waals surface area contributed by atoms with E-state index in [1.807, 2.05) is 12.1 Å². The Morgan fingerprint density at radius 2 is 2.15 bits per heavy atom. The van der Waals surface area contributed by atoms with Gasteiger partial charge in [0.25, 0.3) is 5.91 Å². The number of aliphatic hydroxyl groups is 2. The molecule has 1 unspecified atom stereocenters. The van der Waals surface area contributed by atoms with E-state index in [-0.39, 0.29) is 18.2 Å². The molecule has 3 atom stereocenters. The van der Waals surface area contributed by atoms with E-state index >= 15 is 0 Å². The van der Waals surface area contributed by atoms with Gasteiger partial charge in [-0.1, -0.05) is 0 Å². The summed E-state index contributed by atoms with van der Waals surface area (Å²) in [7, 11) is 0. The number of pyridine rings is 1. The molecule has 3 aromatic heterocycles. The minimum Gasteiger partial charge on any atom is -0.393 e. The molecule has 4 N–H and O–H groups in total. The van der Waals surface area contributed by atoms with Crippen LogP contribution < -0.4 is 10.6 Å². The maximum absolute atomic E-state index is 14.2. The Labute approximate surface area is 196 Å². The van der Waals surface area contributed by atoms with Crippen molar-refractivity contribution in [3.63, 3.8) is 0 Å². The molecular formula is C24H27FN6O3. The van der Waals surface area contributed by atoms with Crippen molar-refractivity contribution in [3.05, 3.63) is 47.8 Å². The number of anilines is 1. The molecule has 3 heterocycles. The zero-order valence-corrected chi connectivity index (χ0v) is 19.0. The highest BCUT2D eigenvalue weighted by atomic mass is 19.1. The van der Waals surface area contributed by atoms with Crippen LogP contribution in [0, 0.1) is 11.3 Å². The van der Waals surface area contributed by atoms with Gasteiger partial charge in [-0.15, -0.1) is 0 Å². The fourth-order valence-electron chi connectivity index (χ4n) is 3.99. The topological polar surface area (TPSA) is 136 Å². The Kier molecular flexibility index (Phi) is 6.50. The molecule has 1 saturated carbocycles. The molecule has 1 aliphatic rings. The van der Waals surface area contributed by atoms with Gasteiger partial charge in [-0.05, 0) is 57.4 Å². The Balaban J connectivity index is 1.66. The monoisotopic (exact) mass is 466 g/mol. The number of amides is 1. The number of nitriles is 1. The molecule has 1 fully saturated rings. The van der Waals surface area contributed by atoms with Gasteiger partial charge in [0.1, 0.15) is 12.2 Å². The Morgan fingerprint density at radius 3 is 2.82 bits per heavy atom. The quantitative estimate of drug-likeness (QED) is 0.420. The Bertz CT molecular complexity index is 1250. The van der Waals surface area contributed by atoms with E-state index in [2.05, 4.69) is 26.8 Å². The Hall–Kier alpha value is -3.55. The second-order valence-electron chi connectivity index (χ2n) is 9.17. The van der Waals surface area contributed by atoms with Gasteiger partial charge in [0.2, 0.25) is 0 Å². The lowest BCUT2D eigenvalue weighted by Crippen LogP contribution is -2.42. The van der Waals surface area contributed by atoms with Gasteiger partial charge in [-0.2, -0.15) is 10.4 Å². The third-order valence-electron chi connectivity index (χ3n) is 6.01. The summed E-state index contributed by atoms with van der Waals surface area (Å²) >= 11 is 0. The molecule has 9 nitrogen and oxygen atoms in total. The summed E-state index contributed by atoms with van der Waals surface area (Å²) in [6, 6.07) is 9.13. The standard InChI is InChI=1S/C24H27FN6O3/c1-24(2,34)22(25)13-28-23(33)18-12-27-20(9-19(18)30-15-3-5-17(32)8-15)21-6-4-16-7-14(10-26)11-29-31(16)21/h4,6-7,9,11-12,15,17,22,32,34H,3,5,8,13H2,1-2H3,(H,27,30)(H,28,33)/t15-,17-,22?/m0/s1. The van der Waals surface area contributed by atoms with Crippen molar-refractivity contribution < 1.29 is 19.4 Å². The molecule has 178 valence electrons. The molecular weight excluding hydrogens is 439 g/mol. The van der Waals surface area contributed by atoms with Crippen LogP contribution in [0.25, 0.3) is 16.9 Å². The smallest absolute Gasteiger partial charge is 0.255 e. The van der Waals surface area contributed by atoms with Crippen molar-refractivity contribution in [2.75, 3.05) is 11.9 Å². The van der Waals surface area contributed by atoms with Crippen LogP contribution in [-0.4, -0.2) is 61.2 Å². The van der Waals surface area contributed by atoms with Crippen molar-refractivity contribution in [2.45, 2.75) is 57.0 Å². The van der Waals surface area contributed by atoms with Gasteiger partial charge in [-0.3, -0.25) is 9.78 Å². The third kappa shape index (κ3) is 5.00. The number of aromatic nitrogens is 3. The highest BCUT2D eigenvalue weighted by Gasteiger charge is 2.28. The highest BCUT2D eigenvalue weighted by Crippen LogP contribution is 2.29. The molecule has 4 rings (SSSR count). The largest absolute Gasteiger partial charge is 0.393 e. The molecule has 34 heavy (non-hydrogen) atoms. The van der Waals surface area contributed by atoms with E-state index in [1.165, 1.54) is 26.2 Å². The van der Waals surface area contributed by atoms with Crippen molar-refractivity contribution in [1.82, 2.24) is 19.9 Å². The molecule has 0 radical (unpaired) electrons. The lowest BCUT2D eigenvalue weighted by Gasteiger charge is -2.23. The van der Waals surface area contributed by atoms with Gasteiger partial charge < -0.3 is 20.8 Å². The van der Waals surface area contributed by atoms with E-state index in [0.717, 1.165) is 11.9 Å². The average molecular weight is 467 g/mol. The third-order valence-corrected chi connectivity index (χ3v) is 6.01. The molecule has 0 saturated heterocycles. The van der Waals surface area contributed by atoms with Gasteiger partial charge in [-0.25, -0.2) is 8.91 Å². The molecule has 3 aromatic rings. The van der Waals surface area contributed by atoms with Gasteiger partial charge >= 0.3 is 0 Å². The molecule has 10 heteroatoms. The highest BCUT2D eigenvalue weighted by molar-refractivity contribution is 6.00. The molecule has 0 spiro atoms. The lowest BCUT2D eigenvalue weighted by molar-refractivity contribution is -0.00177. The number of halogens is 1. The molecule has 1 aliphatic carbocycles. The van der Waals surface area contributed by atoms with Crippen LogP contribution in [0.3, 0.4) is 0 Å². The van der Waals surface area contributed by atoms with Crippen LogP contribution in [0.5, 0.6) is 0 Å². The maximum atomic E-state index is 14.2. The summed E-state index contributed by atoms with van der Waals surface area (Å²) < 4.78 is 15.8. The SMILES string of the molecule is CC(C)(O)C(F)CNC(=O)c1cnc(-c2ccc3cc(C#N)cnn23)cc1N[C@H]1CC[C@H](O)C1. The fourth-order valence-corrected chi connectivity index (χ4v) is 3.99. The lowest BCUT2D eigenvalue weighted by atomic mass is 10.0. The summed E-state index contributed by atoms with van der Waals surface area (Å²) in [4.78, 5) is 17.3.